The van der Waals surface area contributed by atoms with E-state index in [1.54, 1.807) is 24.3 Å². The molecule has 0 radical (unpaired) electrons. The molecule has 6 heteroatoms. The van der Waals surface area contributed by atoms with Crippen LogP contribution in [-0.2, 0) is 16.3 Å². The number of nitrogens with two attached hydrogens (primary N) is 1. The molecule has 2 N–H and O–H groups in total. The van der Waals surface area contributed by atoms with Crippen LogP contribution >= 0.6 is 0 Å². The average molecular weight is 459 g/mol. The fourth-order valence-corrected chi connectivity index (χ4v) is 10.9. The molecule has 0 atom stereocenters. The first-order valence-corrected chi connectivity index (χ1v) is 14.1. The van der Waals surface area contributed by atoms with E-state index in [4.69, 9.17) is 5.73 Å². The number of nitrogens with zero attached hydrogens (tertiary/aromatic N) is 1. The molecule has 2 rings (SSSR count). The van der Waals surface area contributed by atoms with E-state index in [0.717, 1.165) is 19.3 Å². The number of benzene rings is 1. The van der Waals surface area contributed by atoms with Crippen molar-refractivity contribution in [3.63, 3.8) is 0 Å². The van der Waals surface area contributed by atoms with Crippen molar-refractivity contribution >= 4 is 25.6 Å². The third-order valence-corrected chi connectivity index (χ3v) is 13.6. The zero-order valence-electron chi connectivity index (χ0n) is 20.5. The molecule has 0 aromatic heterocycles. The number of hydrogen-bond acceptors (Lipinski definition) is 2. The maximum atomic E-state index is 13.7. The minimum Gasteiger partial charge on any atom is -0.368 e. The van der Waals surface area contributed by atoms with E-state index < -0.39 is 32.1 Å². The highest BCUT2D eigenvalue weighted by Crippen LogP contribution is 2.41. The maximum Gasteiger partial charge on any atom is 0.303 e. The number of hydrogen-bond donors (Lipinski definition) is 1. The van der Waals surface area contributed by atoms with Crippen molar-refractivity contribution in [2.75, 3.05) is 4.90 Å². The molecule has 0 heterocycles. The third kappa shape index (κ3) is 4.93. The monoisotopic (exact) mass is 458 g/mol. The van der Waals surface area contributed by atoms with Crippen LogP contribution in [0.3, 0.4) is 0 Å². The second-order valence-electron chi connectivity index (χ2n) is 10.0. The Bertz CT molecular complexity index is 858. The smallest absolute Gasteiger partial charge is 0.303 e. The Labute approximate surface area is 194 Å². The van der Waals surface area contributed by atoms with Gasteiger partial charge in [0.25, 0.3) is 0 Å². The summed E-state index contributed by atoms with van der Waals surface area (Å²) in [4.78, 5) is 28.0. The molecule has 176 valence electrons. The number of amides is 2. The van der Waals surface area contributed by atoms with E-state index in [1.165, 1.54) is 4.90 Å². The molecule has 0 bridgehead atoms. The minimum absolute atomic E-state index is 0.380. The van der Waals surface area contributed by atoms with E-state index >= 15 is 0 Å². The summed E-state index contributed by atoms with van der Waals surface area (Å²) < 4.78 is 13.4. The van der Waals surface area contributed by atoms with Gasteiger partial charge < -0.3 is 5.73 Å². The summed E-state index contributed by atoms with van der Waals surface area (Å²) in [5.41, 5.74) is 10.4. The van der Waals surface area contributed by atoms with Gasteiger partial charge in [-0.05, 0) is 53.1 Å². The van der Waals surface area contributed by atoms with Gasteiger partial charge in [0.2, 0.25) is 5.91 Å². The normalized spacial score (nSPS) is 16.1. The lowest BCUT2D eigenvalue weighted by Crippen LogP contribution is -2.61. The number of primary amides is 1. The summed E-state index contributed by atoms with van der Waals surface area (Å²) in [5.74, 6) is 2.05. The number of anilines is 1. The molecule has 32 heavy (non-hydrogen) atoms. The molecular formula is C26H39FN2O2Si. The van der Waals surface area contributed by atoms with Crippen LogP contribution in [0, 0.1) is 11.5 Å². The van der Waals surface area contributed by atoms with Gasteiger partial charge in [-0.3, -0.25) is 14.5 Å². The lowest BCUT2D eigenvalue weighted by molar-refractivity contribution is -0.127. The van der Waals surface area contributed by atoms with Gasteiger partial charge in [-0.25, -0.2) is 4.39 Å². The molecular weight excluding hydrogens is 419 g/mol. The Hall–Kier alpha value is -2.13. The van der Waals surface area contributed by atoms with Crippen LogP contribution in [-0.4, -0.2) is 25.4 Å². The van der Waals surface area contributed by atoms with Crippen molar-refractivity contribution in [2.45, 2.75) is 102 Å². The van der Waals surface area contributed by atoms with Crippen molar-refractivity contribution in [2.24, 2.45) is 5.73 Å². The number of carbonyl (C=O) groups is 2. The number of carbonyl (C=O) groups excluding carboxylic acids is 2. The molecule has 0 aliphatic heterocycles. The van der Waals surface area contributed by atoms with Crippen LogP contribution in [0.5, 0.6) is 0 Å². The molecule has 1 aliphatic carbocycles. The van der Waals surface area contributed by atoms with E-state index in [0.29, 0.717) is 40.7 Å². The fraction of sp³-hybridized carbons (Fsp3) is 0.615. The van der Waals surface area contributed by atoms with Crippen LogP contribution in [0.1, 0.15) is 79.2 Å². The Morgan fingerprint density at radius 1 is 1.06 bits per heavy atom. The van der Waals surface area contributed by atoms with Crippen LogP contribution in [0.15, 0.2) is 24.3 Å². The lowest BCUT2D eigenvalue weighted by Gasteiger charge is -2.43. The van der Waals surface area contributed by atoms with E-state index in [-0.39, 0.29) is 0 Å². The van der Waals surface area contributed by atoms with Crippen molar-refractivity contribution in [3.8, 4) is 11.5 Å². The maximum absolute atomic E-state index is 13.7. The van der Waals surface area contributed by atoms with Crippen molar-refractivity contribution in [1.29, 1.82) is 0 Å². The second-order valence-corrected chi connectivity index (χ2v) is 15.6. The van der Waals surface area contributed by atoms with Crippen LogP contribution < -0.4 is 10.6 Å². The molecule has 1 aromatic carbocycles. The van der Waals surface area contributed by atoms with E-state index in [1.807, 2.05) is 0 Å². The minimum atomic E-state index is -2.14. The summed E-state index contributed by atoms with van der Waals surface area (Å²) in [6.07, 6.45) is 3.61. The van der Waals surface area contributed by atoms with Crippen molar-refractivity contribution in [1.82, 2.24) is 0 Å². The van der Waals surface area contributed by atoms with Gasteiger partial charge in [0.1, 0.15) is 20.3 Å². The van der Waals surface area contributed by atoms with Gasteiger partial charge in [0.15, 0.2) is 0 Å². The summed E-state index contributed by atoms with van der Waals surface area (Å²) >= 11 is 0. The third-order valence-electron chi connectivity index (χ3n) is 7.35. The molecule has 0 spiro atoms. The van der Waals surface area contributed by atoms with Gasteiger partial charge >= 0.3 is 5.91 Å². The quantitative estimate of drug-likeness (QED) is 0.408. The molecule has 1 fully saturated rings. The Kier molecular flexibility index (Phi) is 8.70. The highest BCUT2D eigenvalue weighted by molar-refractivity contribution is 6.90. The molecule has 1 saturated carbocycles. The SMILES string of the molecule is CC(C)[Si](C#CC(=O)N(c1cccc(CF)c1)C1(C(N)=O)CCCCC1)(C(C)C)C(C)C. The summed E-state index contributed by atoms with van der Waals surface area (Å²) in [6.45, 7) is 12.5. The van der Waals surface area contributed by atoms with Crippen molar-refractivity contribution < 1.29 is 14.0 Å². The van der Waals surface area contributed by atoms with Crippen LogP contribution in [0.4, 0.5) is 10.1 Å². The van der Waals surface area contributed by atoms with Gasteiger partial charge in [-0.15, -0.1) is 5.54 Å². The zero-order chi connectivity index (χ0) is 24.1. The molecule has 1 aromatic rings. The number of alkyl halides is 1. The van der Waals surface area contributed by atoms with Gasteiger partial charge in [0.05, 0.1) is 0 Å². The first-order valence-electron chi connectivity index (χ1n) is 11.8. The van der Waals surface area contributed by atoms with Gasteiger partial charge in [0, 0.05) is 5.69 Å². The fourth-order valence-electron chi connectivity index (χ4n) is 5.70. The van der Waals surface area contributed by atoms with Crippen molar-refractivity contribution in [3.05, 3.63) is 29.8 Å². The first-order chi connectivity index (χ1) is 15.0. The highest BCUT2D eigenvalue weighted by Gasteiger charge is 2.47. The predicted molar refractivity (Wildman–Crippen MR) is 133 cm³/mol. The standard InChI is InChI=1S/C26H39FN2O2Si/c1-19(2)32(20(3)4,21(5)6)16-13-24(30)29(23-12-10-11-22(17-23)18-27)26(25(28)31)14-8-7-9-15-26/h10-12,17,19-21H,7-9,14-15,18H2,1-6H3,(H2,28,31). The average Bonchev–Trinajstić information content (AvgIpc) is 2.74. The van der Waals surface area contributed by atoms with Crippen LogP contribution in [0.2, 0.25) is 16.6 Å². The summed E-state index contributed by atoms with van der Waals surface area (Å²) in [6, 6.07) is 6.77. The number of rotatable bonds is 7. The Morgan fingerprint density at radius 2 is 1.62 bits per heavy atom. The second kappa shape index (κ2) is 10.7. The summed E-state index contributed by atoms with van der Waals surface area (Å²) in [5, 5.41) is 0. The largest absolute Gasteiger partial charge is 0.368 e. The molecule has 0 unspecified atom stereocenters. The van der Waals surface area contributed by atoms with E-state index in [9.17, 15) is 14.0 Å². The van der Waals surface area contributed by atoms with Gasteiger partial charge in [-0.2, -0.15) is 0 Å². The summed E-state index contributed by atoms with van der Waals surface area (Å²) in [7, 11) is -2.14. The topological polar surface area (TPSA) is 63.4 Å². The molecule has 0 saturated heterocycles. The molecule has 2 amide bonds. The predicted octanol–water partition coefficient (Wildman–Crippen LogP) is 5.90. The Balaban J connectivity index is 2.67. The molecule has 1 aliphatic rings. The Morgan fingerprint density at radius 3 is 2.09 bits per heavy atom. The van der Waals surface area contributed by atoms with Crippen LogP contribution in [0.25, 0.3) is 0 Å². The first kappa shape index (κ1) is 26.1. The van der Waals surface area contributed by atoms with E-state index in [2.05, 4.69) is 53.0 Å². The number of halogens is 1. The lowest BCUT2D eigenvalue weighted by atomic mass is 9.79. The van der Waals surface area contributed by atoms with Gasteiger partial charge in [-0.1, -0.05) is 72.9 Å². The molecule has 4 nitrogen and oxygen atoms in total. The highest BCUT2D eigenvalue weighted by atomic mass is 28.3. The zero-order valence-corrected chi connectivity index (χ0v) is 21.5.